The Morgan fingerprint density at radius 2 is 1.50 bits per heavy atom. The molecule has 1 aliphatic rings. The highest BCUT2D eigenvalue weighted by Gasteiger charge is 2.35. The molecule has 0 saturated carbocycles. The van der Waals surface area contributed by atoms with Crippen molar-refractivity contribution in [1.82, 2.24) is 0 Å². The van der Waals surface area contributed by atoms with E-state index in [-0.39, 0.29) is 12.2 Å². The molecule has 2 nitrogen and oxygen atoms in total. The first-order chi connectivity index (χ1) is 7.08. The molecule has 94 valence electrons. The van der Waals surface area contributed by atoms with Gasteiger partial charge in [0.25, 0.3) is 0 Å². The summed E-state index contributed by atoms with van der Waals surface area (Å²) in [6.07, 6.45) is 3.76. The molecule has 2 atom stereocenters. The SMILES string of the molecule is CC1=CCC(O[Si](C)(C)C)C1O[Si](C)(C)C. The van der Waals surface area contributed by atoms with Crippen LogP contribution in [-0.2, 0) is 8.85 Å². The fourth-order valence-electron chi connectivity index (χ4n) is 1.95. The molecular formula is C12H26O2Si2. The predicted octanol–water partition coefficient (Wildman–Crippen LogP) is 3.78. The summed E-state index contributed by atoms with van der Waals surface area (Å²) in [5, 5.41) is 0. The van der Waals surface area contributed by atoms with Gasteiger partial charge in [0, 0.05) is 0 Å². The molecule has 2 unspecified atom stereocenters. The van der Waals surface area contributed by atoms with Crippen LogP contribution in [0.3, 0.4) is 0 Å². The Labute approximate surface area is 102 Å². The molecule has 0 aromatic heterocycles. The maximum absolute atomic E-state index is 6.24. The molecule has 0 aromatic rings. The minimum Gasteiger partial charge on any atom is -0.411 e. The third-order valence-electron chi connectivity index (χ3n) is 2.44. The van der Waals surface area contributed by atoms with Crippen LogP contribution in [0.15, 0.2) is 11.6 Å². The Bertz CT molecular complexity index is 274. The van der Waals surface area contributed by atoms with Crippen molar-refractivity contribution in [3.63, 3.8) is 0 Å². The van der Waals surface area contributed by atoms with Crippen molar-refractivity contribution in [1.29, 1.82) is 0 Å². The second-order valence-corrected chi connectivity index (χ2v) is 15.5. The molecule has 0 amide bonds. The van der Waals surface area contributed by atoms with Crippen LogP contribution in [-0.4, -0.2) is 28.8 Å². The molecule has 1 rings (SSSR count). The van der Waals surface area contributed by atoms with E-state index in [0.29, 0.717) is 0 Å². The zero-order chi connectivity index (χ0) is 12.6. The third kappa shape index (κ3) is 4.53. The number of rotatable bonds is 4. The van der Waals surface area contributed by atoms with Crippen LogP contribution in [0.4, 0.5) is 0 Å². The highest BCUT2D eigenvalue weighted by molar-refractivity contribution is 6.70. The second-order valence-electron chi connectivity index (χ2n) is 6.60. The average molecular weight is 259 g/mol. The van der Waals surface area contributed by atoms with E-state index in [2.05, 4.69) is 52.3 Å². The van der Waals surface area contributed by atoms with Gasteiger partial charge >= 0.3 is 0 Å². The summed E-state index contributed by atoms with van der Waals surface area (Å²) in [5.74, 6) is 0. The number of hydrogen-bond acceptors (Lipinski definition) is 2. The van der Waals surface area contributed by atoms with Gasteiger partial charge in [0.15, 0.2) is 16.6 Å². The Kier molecular flexibility index (Phi) is 4.21. The van der Waals surface area contributed by atoms with Gasteiger partial charge in [-0.2, -0.15) is 0 Å². The van der Waals surface area contributed by atoms with E-state index >= 15 is 0 Å². The van der Waals surface area contributed by atoms with Gasteiger partial charge in [-0.05, 0) is 58.2 Å². The van der Waals surface area contributed by atoms with Crippen molar-refractivity contribution in [3.8, 4) is 0 Å². The molecule has 0 bridgehead atoms. The molecule has 4 heteroatoms. The van der Waals surface area contributed by atoms with E-state index < -0.39 is 16.6 Å². The van der Waals surface area contributed by atoms with Crippen LogP contribution < -0.4 is 0 Å². The molecule has 0 N–H and O–H groups in total. The molecule has 0 heterocycles. The first-order valence-electron chi connectivity index (χ1n) is 6.11. The molecule has 0 spiro atoms. The predicted molar refractivity (Wildman–Crippen MR) is 74.8 cm³/mol. The summed E-state index contributed by atoms with van der Waals surface area (Å²) in [4.78, 5) is 0. The molecule has 1 aliphatic carbocycles. The second kappa shape index (κ2) is 4.76. The Morgan fingerprint density at radius 1 is 1.00 bits per heavy atom. The molecule has 0 radical (unpaired) electrons. The zero-order valence-electron chi connectivity index (χ0n) is 11.8. The van der Waals surface area contributed by atoms with Gasteiger partial charge in [-0.3, -0.25) is 0 Å². The molecular weight excluding hydrogens is 232 g/mol. The Hall–Kier alpha value is 0.0938. The van der Waals surface area contributed by atoms with E-state index in [1.807, 2.05) is 0 Å². The maximum atomic E-state index is 6.24. The van der Waals surface area contributed by atoms with E-state index in [9.17, 15) is 0 Å². The standard InChI is InChI=1S/C12H26O2Si2/c1-10-8-9-11(13-15(2,3)4)12(10)14-16(5,6)7/h8,11-12H,9H2,1-7H3. The quantitative estimate of drug-likeness (QED) is 0.564. The lowest BCUT2D eigenvalue weighted by molar-refractivity contribution is 0.0795. The van der Waals surface area contributed by atoms with Gasteiger partial charge in [-0.1, -0.05) is 6.08 Å². The topological polar surface area (TPSA) is 18.5 Å². The van der Waals surface area contributed by atoms with Crippen molar-refractivity contribution in [2.75, 3.05) is 0 Å². The highest BCUT2D eigenvalue weighted by Crippen LogP contribution is 2.29. The van der Waals surface area contributed by atoms with Gasteiger partial charge < -0.3 is 8.85 Å². The minimum absolute atomic E-state index is 0.207. The summed E-state index contributed by atoms with van der Waals surface area (Å²) < 4.78 is 12.4. The summed E-state index contributed by atoms with van der Waals surface area (Å²) in [5.41, 5.74) is 1.35. The van der Waals surface area contributed by atoms with Gasteiger partial charge in [0.05, 0.1) is 12.2 Å². The van der Waals surface area contributed by atoms with Crippen LogP contribution in [0.25, 0.3) is 0 Å². The van der Waals surface area contributed by atoms with Crippen molar-refractivity contribution in [3.05, 3.63) is 11.6 Å². The zero-order valence-corrected chi connectivity index (χ0v) is 13.8. The first-order valence-corrected chi connectivity index (χ1v) is 12.9. The van der Waals surface area contributed by atoms with Crippen molar-refractivity contribution in [2.24, 2.45) is 0 Å². The van der Waals surface area contributed by atoms with Crippen molar-refractivity contribution < 1.29 is 8.85 Å². The summed E-state index contributed by atoms with van der Waals surface area (Å²) in [6.45, 7) is 15.6. The van der Waals surface area contributed by atoms with Crippen molar-refractivity contribution >= 4 is 16.6 Å². The van der Waals surface area contributed by atoms with Crippen LogP contribution >= 0.6 is 0 Å². The normalized spacial score (nSPS) is 27.1. The van der Waals surface area contributed by atoms with E-state index in [1.165, 1.54) is 5.57 Å². The van der Waals surface area contributed by atoms with E-state index in [0.717, 1.165) is 6.42 Å². The molecule has 0 aromatic carbocycles. The Morgan fingerprint density at radius 3 is 1.94 bits per heavy atom. The average Bonchev–Trinajstić information content (AvgIpc) is 2.30. The molecule has 0 saturated heterocycles. The lowest BCUT2D eigenvalue weighted by atomic mass is 10.2. The Balaban J connectivity index is 2.67. The van der Waals surface area contributed by atoms with Gasteiger partial charge in [0.1, 0.15) is 0 Å². The fraction of sp³-hybridized carbons (Fsp3) is 0.833. The molecule has 0 fully saturated rings. The summed E-state index contributed by atoms with van der Waals surface area (Å²) in [6, 6.07) is 0. The third-order valence-corrected chi connectivity index (χ3v) is 4.41. The maximum Gasteiger partial charge on any atom is 0.184 e. The van der Waals surface area contributed by atoms with Crippen LogP contribution in [0.5, 0.6) is 0 Å². The van der Waals surface area contributed by atoms with E-state index in [4.69, 9.17) is 8.85 Å². The fourth-order valence-corrected chi connectivity index (χ4v) is 4.18. The lowest BCUT2D eigenvalue weighted by Crippen LogP contribution is -2.42. The van der Waals surface area contributed by atoms with E-state index in [1.54, 1.807) is 0 Å². The first kappa shape index (κ1) is 14.2. The lowest BCUT2D eigenvalue weighted by Gasteiger charge is -2.33. The largest absolute Gasteiger partial charge is 0.411 e. The van der Waals surface area contributed by atoms with Crippen LogP contribution in [0, 0.1) is 0 Å². The number of hydrogen-bond donors (Lipinski definition) is 0. The monoisotopic (exact) mass is 258 g/mol. The smallest absolute Gasteiger partial charge is 0.184 e. The molecule has 16 heavy (non-hydrogen) atoms. The molecule has 0 aliphatic heterocycles. The summed E-state index contributed by atoms with van der Waals surface area (Å²) >= 11 is 0. The van der Waals surface area contributed by atoms with Crippen LogP contribution in [0.1, 0.15) is 13.3 Å². The van der Waals surface area contributed by atoms with Crippen molar-refractivity contribution in [2.45, 2.75) is 64.8 Å². The van der Waals surface area contributed by atoms with Crippen LogP contribution in [0.2, 0.25) is 39.3 Å². The minimum atomic E-state index is -1.49. The summed E-state index contributed by atoms with van der Waals surface area (Å²) in [7, 11) is -2.95. The highest BCUT2D eigenvalue weighted by atomic mass is 28.4. The van der Waals surface area contributed by atoms with Gasteiger partial charge in [0.2, 0.25) is 0 Å². The van der Waals surface area contributed by atoms with Gasteiger partial charge in [-0.15, -0.1) is 0 Å². The van der Waals surface area contributed by atoms with Gasteiger partial charge in [-0.25, -0.2) is 0 Å².